The lowest BCUT2D eigenvalue weighted by Crippen LogP contribution is -2.41. The van der Waals surface area contributed by atoms with Gasteiger partial charge in [0.1, 0.15) is 0 Å². The molecule has 1 saturated heterocycles. The van der Waals surface area contributed by atoms with Crippen molar-refractivity contribution in [1.29, 1.82) is 0 Å². The van der Waals surface area contributed by atoms with Crippen molar-refractivity contribution in [1.82, 2.24) is 4.57 Å². The topological polar surface area (TPSA) is 23.4 Å². The molecule has 3 rings (SSSR count). The van der Waals surface area contributed by atoms with E-state index in [0.717, 1.165) is 33.3 Å². The van der Waals surface area contributed by atoms with Gasteiger partial charge in [-0.3, -0.25) is 0 Å². The van der Waals surface area contributed by atoms with Crippen molar-refractivity contribution in [2.24, 2.45) is 0 Å². The zero-order valence-corrected chi connectivity index (χ0v) is 20.4. The van der Waals surface area contributed by atoms with E-state index in [1.807, 2.05) is 38.2 Å². The van der Waals surface area contributed by atoms with Crippen LogP contribution >= 0.6 is 0 Å². The first-order chi connectivity index (χ1) is 15.1. The van der Waals surface area contributed by atoms with E-state index in [4.69, 9.17) is 9.31 Å². The summed E-state index contributed by atoms with van der Waals surface area (Å²) < 4.78 is 14.7. The van der Waals surface area contributed by atoms with E-state index < -0.39 is 7.12 Å². The summed E-state index contributed by atoms with van der Waals surface area (Å²) in [6, 6.07) is 6.32. The number of nitrogens with zero attached hydrogens (tertiary/aromatic N) is 1. The molecule has 1 fully saturated rings. The summed E-state index contributed by atoms with van der Waals surface area (Å²) in [5.74, 6) is 0. The fourth-order valence-corrected chi connectivity index (χ4v) is 3.67. The highest BCUT2D eigenvalue weighted by molar-refractivity contribution is 6.62. The maximum atomic E-state index is 6.25. The van der Waals surface area contributed by atoms with Crippen LogP contribution in [0.4, 0.5) is 0 Å². The number of benzene rings is 1. The van der Waals surface area contributed by atoms with Gasteiger partial charge in [0.25, 0.3) is 0 Å². The first-order valence-corrected chi connectivity index (χ1v) is 10.9. The van der Waals surface area contributed by atoms with Crippen LogP contribution in [0, 0.1) is 0 Å². The predicted octanol–water partition coefficient (Wildman–Crippen LogP) is 7.02. The normalized spacial score (nSPS) is 17.2. The third-order valence-corrected chi connectivity index (χ3v) is 5.88. The Kier molecular flexibility index (Phi) is 8.11. The van der Waals surface area contributed by atoms with Gasteiger partial charge in [0.15, 0.2) is 0 Å². The van der Waals surface area contributed by atoms with Crippen LogP contribution in [0.15, 0.2) is 74.9 Å². The molecule has 0 saturated carbocycles. The second kappa shape index (κ2) is 10.2. The zero-order valence-electron chi connectivity index (χ0n) is 20.4. The van der Waals surface area contributed by atoms with Crippen molar-refractivity contribution in [2.45, 2.75) is 52.7 Å². The van der Waals surface area contributed by atoms with Crippen LogP contribution in [-0.4, -0.2) is 22.9 Å². The van der Waals surface area contributed by atoms with E-state index in [1.165, 1.54) is 0 Å². The Balaban J connectivity index is 0.00000114. The van der Waals surface area contributed by atoms with Crippen molar-refractivity contribution in [3.05, 3.63) is 86.2 Å². The second-order valence-electron chi connectivity index (χ2n) is 8.64. The fourth-order valence-electron chi connectivity index (χ4n) is 3.67. The minimum absolute atomic E-state index is 0.377. The molecular weight excluding hydrogens is 393 g/mol. The average Bonchev–Trinajstić information content (AvgIpc) is 3.16. The van der Waals surface area contributed by atoms with Gasteiger partial charge < -0.3 is 13.9 Å². The first kappa shape index (κ1) is 25.4. The molecule has 0 aliphatic carbocycles. The SMILES string of the molecule is C=C/C=C(\C=C/C)n1c(C=C)c(C=C)c2cc(B3OC(C)(C)C(C)(C)O3)ccc21.C=CC. The highest BCUT2D eigenvalue weighted by Crippen LogP contribution is 2.37. The van der Waals surface area contributed by atoms with Crippen molar-refractivity contribution in [2.75, 3.05) is 0 Å². The van der Waals surface area contributed by atoms with E-state index in [0.29, 0.717) is 0 Å². The monoisotopic (exact) mass is 429 g/mol. The molecule has 0 N–H and O–H groups in total. The minimum Gasteiger partial charge on any atom is -0.399 e. The van der Waals surface area contributed by atoms with Crippen molar-refractivity contribution in [3.63, 3.8) is 0 Å². The number of allylic oxidation sites excluding steroid dienone is 6. The summed E-state index contributed by atoms with van der Waals surface area (Å²) in [7, 11) is -0.406. The number of aromatic nitrogens is 1. The highest BCUT2D eigenvalue weighted by atomic mass is 16.7. The van der Waals surface area contributed by atoms with Gasteiger partial charge in [-0.15, -0.1) is 6.58 Å². The Bertz CT molecular complexity index is 1070. The Hall–Kier alpha value is -2.82. The lowest BCUT2D eigenvalue weighted by molar-refractivity contribution is 0.00578. The molecule has 1 aliphatic rings. The third kappa shape index (κ3) is 4.67. The first-order valence-electron chi connectivity index (χ1n) is 10.9. The number of fused-ring (bicyclic) bond motifs is 1. The van der Waals surface area contributed by atoms with E-state index in [-0.39, 0.29) is 11.2 Å². The molecule has 0 bridgehead atoms. The Labute approximate surface area is 194 Å². The van der Waals surface area contributed by atoms with Crippen LogP contribution in [0.5, 0.6) is 0 Å². The molecule has 1 aromatic carbocycles. The molecule has 4 heteroatoms. The highest BCUT2D eigenvalue weighted by Gasteiger charge is 2.51. The molecule has 1 aromatic heterocycles. The van der Waals surface area contributed by atoms with Gasteiger partial charge in [0.05, 0.1) is 22.4 Å². The summed E-state index contributed by atoms with van der Waals surface area (Å²) >= 11 is 0. The van der Waals surface area contributed by atoms with E-state index in [2.05, 4.69) is 82.9 Å². The van der Waals surface area contributed by atoms with Gasteiger partial charge in [0, 0.05) is 16.6 Å². The quantitative estimate of drug-likeness (QED) is 0.280. The standard InChI is InChI=1S/C25H30BNO2.C3H6/c1-9-13-19(14-10-2)27-22(12-4)20(11-3)21-17-18(15-16-23(21)27)26-28-24(5,6)25(7,8)29-26;1-3-2/h9-17H,1,3-4H2,2,5-8H3;3H,1H2,2H3/b14-10-,19-13+;. The molecular formula is C28H36BNO2. The molecule has 32 heavy (non-hydrogen) atoms. The molecule has 2 heterocycles. The van der Waals surface area contributed by atoms with Gasteiger partial charge in [0.2, 0.25) is 0 Å². The van der Waals surface area contributed by atoms with Crippen LogP contribution in [0.25, 0.3) is 28.8 Å². The van der Waals surface area contributed by atoms with E-state index >= 15 is 0 Å². The van der Waals surface area contributed by atoms with Crippen LogP contribution in [-0.2, 0) is 9.31 Å². The largest absolute Gasteiger partial charge is 0.494 e. The van der Waals surface area contributed by atoms with E-state index in [9.17, 15) is 0 Å². The molecule has 168 valence electrons. The van der Waals surface area contributed by atoms with Gasteiger partial charge in [-0.05, 0) is 71.3 Å². The number of hydrogen-bond acceptors (Lipinski definition) is 2. The van der Waals surface area contributed by atoms with Gasteiger partial charge in [-0.25, -0.2) is 0 Å². The number of hydrogen-bond donors (Lipinski definition) is 0. The van der Waals surface area contributed by atoms with Crippen molar-refractivity contribution in [3.8, 4) is 0 Å². The molecule has 0 unspecified atom stereocenters. The summed E-state index contributed by atoms with van der Waals surface area (Å²) in [5, 5.41) is 1.08. The molecule has 0 spiro atoms. The van der Waals surface area contributed by atoms with Crippen molar-refractivity contribution < 1.29 is 9.31 Å². The van der Waals surface area contributed by atoms with Crippen LogP contribution in [0.3, 0.4) is 0 Å². The Morgan fingerprint density at radius 2 is 1.56 bits per heavy atom. The molecule has 3 nitrogen and oxygen atoms in total. The minimum atomic E-state index is -0.406. The van der Waals surface area contributed by atoms with Gasteiger partial charge in [-0.1, -0.05) is 56.2 Å². The summed E-state index contributed by atoms with van der Waals surface area (Å²) in [4.78, 5) is 0. The third-order valence-electron chi connectivity index (χ3n) is 5.88. The lowest BCUT2D eigenvalue weighted by atomic mass is 9.78. The summed E-state index contributed by atoms with van der Waals surface area (Å²) in [5.41, 5.74) is 4.35. The molecule has 0 atom stereocenters. The Morgan fingerprint density at radius 1 is 0.969 bits per heavy atom. The van der Waals surface area contributed by atoms with E-state index in [1.54, 1.807) is 12.2 Å². The lowest BCUT2D eigenvalue weighted by Gasteiger charge is -2.32. The predicted molar refractivity (Wildman–Crippen MR) is 143 cm³/mol. The Morgan fingerprint density at radius 3 is 2.03 bits per heavy atom. The molecule has 0 radical (unpaired) electrons. The molecule has 1 aliphatic heterocycles. The van der Waals surface area contributed by atoms with Crippen LogP contribution in [0.1, 0.15) is 52.8 Å². The smallest absolute Gasteiger partial charge is 0.399 e. The number of rotatable bonds is 6. The van der Waals surface area contributed by atoms with Crippen LogP contribution < -0.4 is 5.46 Å². The maximum Gasteiger partial charge on any atom is 0.494 e. The van der Waals surface area contributed by atoms with Crippen molar-refractivity contribution >= 4 is 41.3 Å². The van der Waals surface area contributed by atoms with Crippen LogP contribution in [0.2, 0.25) is 0 Å². The average molecular weight is 429 g/mol. The summed E-state index contributed by atoms with van der Waals surface area (Å²) in [6.45, 7) is 27.5. The fraction of sp³-hybridized carbons (Fsp3) is 0.286. The maximum absolute atomic E-state index is 6.25. The van der Waals surface area contributed by atoms with Gasteiger partial charge >= 0.3 is 7.12 Å². The second-order valence-corrected chi connectivity index (χ2v) is 8.64. The summed E-state index contributed by atoms with van der Waals surface area (Å²) in [6.07, 6.45) is 13.3. The zero-order chi connectivity index (χ0) is 24.1. The molecule has 0 amide bonds. The molecule has 2 aromatic rings. The van der Waals surface area contributed by atoms with Gasteiger partial charge in [-0.2, -0.15) is 0 Å².